The van der Waals surface area contributed by atoms with Crippen LogP contribution >= 0.6 is 11.3 Å². The lowest BCUT2D eigenvalue weighted by Gasteiger charge is -2.08. The van der Waals surface area contributed by atoms with Gasteiger partial charge in [0.1, 0.15) is 0 Å². The summed E-state index contributed by atoms with van der Waals surface area (Å²) in [5, 5.41) is 11.0. The maximum Gasteiger partial charge on any atom is 0.336 e. The number of carboxylic acid groups (broad SMARTS) is 1. The zero-order valence-corrected chi connectivity index (χ0v) is 12.5. The summed E-state index contributed by atoms with van der Waals surface area (Å²) in [4.78, 5) is 12.0. The van der Waals surface area contributed by atoms with Crippen LogP contribution in [0.4, 0.5) is 0 Å². The molecule has 0 saturated carbocycles. The van der Waals surface area contributed by atoms with Crippen LogP contribution in [-0.2, 0) is 22.0 Å². The van der Waals surface area contributed by atoms with E-state index >= 15 is 0 Å². The first-order valence-electron chi connectivity index (χ1n) is 6.05. The van der Waals surface area contributed by atoms with E-state index in [1.54, 1.807) is 18.2 Å². The molecular formula is C14H14O4S2. The lowest BCUT2D eigenvalue weighted by molar-refractivity contribution is 0.0695. The van der Waals surface area contributed by atoms with E-state index in [2.05, 4.69) is 0 Å². The van der Waals surface area contributed by atoms with Crippen molar-refractivity contribution in [3.63, 3.8) is 0 Å². The Morgan fingerprint density at radius 1 is 1.30 bits per heavy atom. The highest BCUT2D eigenvalue weighted by atomic mass is 32.2. The normalized spacial score (nSPS) is 11.4. The highest BCUT2D eigenvalue weighted by Gasteiger charge is 2.19. The Bertz CT molecular complexity index is 716. The van der Waals surface area contributed by atoms with Gasteiger partial charge < -0.3 is 5.11 Å². The number of rotatable bonds is 5. The van der Waals surface area contributed by atoms with Gasteiger partial charge in [0.2, 0.25) is 0 Å². The summed E-state index contributed by atoms with van der Waals surface area (Å²) >= 11 is 1.37. The lowest BCUT2D eigenvalue weighted by atomic mass is 10.1. The van der Waals surface area contributed by atoms with Crippen molar-refractivity contribution in [3.05, 3.63) is 51.7 Å². The fourth-order valence-electron chi connectivity index (χ4n) is 1.92. The lowest BCUT2D eigenvalue weighted by Crippen LogP contribution is -2.08. The maximum absolute atomic E-state index is 12.3. The summed E-state index contributed by atoms with van der Waals surface area (Å²) in [6.45, 7) is 1.83. The highest BCUT2D eigenvalue weighted by molar-refractivity contribution is 7.90. The number of carbonyl (C=O) groups is 1. The van der Waals surface area contributed by atoms with Crippen molar-refractivity contribution in [1.82, 2.24) is 0 Å². The van der Waals surface area contributed by atoms with Crippen LogP contribution in [0.1, 0.15) is 27.7 Å². The van der Waals surface area contributed by atoms with Crippen LogP contribution in [-0.4, -0.2) is 19.5 Å². The van der Waals surface area contributed by atoms with Gasteiger partial charge in [-0.1, -0.05) is 19.1 Å². The number of carboxylic acids is 1. The first-order valence-corrected chi connectivity index (χ1v) is 8.58. The zero-order chi connectivity index (χ0) is 14.8. The SMILES string of the molecule is CCc1ccc(S(=O)(=O)Cc2cccs2)cc1C(=O)O. The molecule has 1 heterocycles. The summed E-state index contributed by atoms with van der Waals surface area (Å²) in [6.07, 6.45) is 0.548. The molecule has 0 spiro atoms. The van der Waals surface area contributed by atoms with E-state index in [1.165, 1.54) is 23.5 Å². The van der Waals surface area contributed by atoms with E-state index in [0.717, 1.165) is 4.88 Å². The summed E-state index contributed by atoms with van der Waals surface area (Å²) in [5.41, 5.74) is 0.687. The van der Waals surface area contributed by atoms with Gasteiger partial charge in [-0.25, -0.2) is 13.2 Å². The van der Waals surface area contributed by atoms with Gasteiger partial charge in [0.25, 0.3) is 0 Å². The largest absolute Gasteiger partial charge is 0.478 e. The Morgan fingerprint density at radius 3 is 2.60 bits per heavy atom. The van der Waals surface area contributed by atoms with Crippen LogP contribution in [0.2, 0.25) is 0 Å². The van der Waals surface area contributed by atoms with Crippen LogP contribution in [0, 0.1) is 0 Å². The molecule has 0 aliphatic heterocycles. The van der Waals surface area contributed by atoms with E-state index in [-0.39, 0.29) is 16.2 Å². The molecule has 0 unspecified atom stereocenters. The Balaban J connectivity index is 2.42. The molecule has 0 fully saturated rings. The monoisotopic (exact) mass is 310 g/mol. The number of aryl methyl sites for hydroxylation is 1. The number of sulfone groups is 1. The number of hydrogen-bond acceptors (Lipinski definition) is 4. The molecule has 1 aromatic heterocycles. The van der Waals surface area contributed by atoms with Crippen molar-refractivity contribution in [1.29, 1.82) is 0 Å². The molecule has 2 aromatic rings. The molecule has 0 atom stereocenters. The highest BCUT2D eigenvalue weighted by Crippen LogP contribution is 2.22. The molecule has 0 amide bonds. The summed E-state index contributed by atoms with van der Waals surface area (Å²) in [5.74, 6) is -1.20. The van der Waals surface area contributed by atoms with E-state index in [0.29, 0.717) is 12.0 Å². The summed E-state index contributed by atoms with van der Waals surface area (Å²) < 4.78 is 24.6. The number of hydrogen-bond donors (Lipinski definition) is 1. The third-order valence-corrected chi connectivity index (χ3v) is 5.69. The van der Waals surface area contributed by atoms with Crippen molar-refractivity contribution in [2.24, 2.45) is 0 Å². The predicted octanol–water partition coefficient (Wildman–Crippen LogP) is 2.98. The molecule has 20 heavy (non-hydrogen) atoms. The van der Waals surface area contributed by atoms with Crippen LogP contribution in [0.5, 0.6) is 0 Å². The Kier molecular flexibility index (Phi) is 4.25. The first-order chi connectivity index (χ1) is 9.44. The zero-order valence-electron chi connectivity index (χ0n) is 10.9. The average Bonchev–Trinajstić information content (AvgIpc) is 2.89. The third kappa shape index (κ3) is 3.08. The smallest absolute Gasteiger partial charge is 0.336 e. The molecule has 106 valence electrons. The molecule has 0 aliphatic rings. The molecule has 6 heteroatoms. The molecule has 2 rings (SSSR count). The number of thiophene rings is 1. The van der Waals surface area contributed by atoms with Crippen molar-refractivity contribution in [2.45, 2.75) is 24.0 Å². The molecule has 0 aliphatic carbocycles. The van der Waals surface area contributed by atoms with Crippen molar-refractivity contribution < 1.29 is 18.3 Å². The summed E-state index contributed by atoms with van der Waals surface area (Å²) in [7, 11) is -3.52. The van der Waals surface area contributed by atoms with E-state index in [4.69, 9.17) is 5.11 Å². The quantitative estimate of drug-likeness (QED) is 0.921. The van der Waals surface area contributed by atoms with E-state index in [9.17, 15) is 13.2 Å². The number of benzene rings is 1. The Labute approximate surface area is 121 Å². The van der Waals surface area contributed by atoms with Gasteiger partial charge in [0, 0.05) is 4.88 Å². The Morgan fingerprint density at radius 2 is 2.05 bits per heavy atom. The van der Waals surface area contributed by atoms with E-state index in [1.807, 2.05) is 12.3 Å². The molecule has 0 bridgehead atoms. The van der Waals surface area contributed by atoms with Crippen LogP contribution in [0.25, 0.3) is 0 Å². The van der Waals surface area contributed by atoms with Gasteiger partial charge in [0.05, 0.1) is 16.2 Å². The standard InChI is InChI=1S/C14H14O4S2/c1-2-10-5-6-12(8-13(10)14(15)16)20(17,18)9-11-4-3-7-19-11/h3-8H,2,9H2,1H3,(H,15,16). The average molecular weight is 310 g/mol. The van der Waals surface area contributed by atoms with Crippen molar-refractivity contribution in [2.75, 3.05) is 0 Å². The minimum atomic E-state index is -3.52. The summed E-state index contributed by atoms with van der Waals surface area (Å²) in [6, 6.07) is 7.85. The minimum Gasteiger partial charge on any atom is -0.478 e. The van der Waals surface area contributed by atoms with Gasteiger partial charge in [-0.3, -0.25) is 0 Å². The second-order valence-electron chi connectivity index (χ2n) is 4.32. The first kappa shape index (κ1) is 14.7. The predicted molar refractivity (Wildman–Crippen MR) is 78.0 cm³/mol. The van der Waals surface area contributed by atoms with Gasteiger partial charge in [-0.15, -0.1) is 11.3 Å². The number of aromatic carboxylic acids is 1. The van der Waals surface area contributed by atoms with Gasteiger partial charge in [0.15, 0.2) is 9.84 Å². The third-order valence-electron chi connectivity index (χ3n) is 2.96. The van der Waals surface area contributed by atoms with Crippen LogP contribution in [0.15, 0.2) is 40.6 Å². The van der Waals surface area contributed by atoms with Crippen molar-refractivity contribution >= 4 is 27.1 Å². The molecule has 1 aromatic carbocycles. The van der Waals surface area contributed by atoms with Crippen LogP contribution < -0.4 is 0 Å². The van der Waals surface area contributed by atoms with Gasteiger partial charge in [-0.05, 0) is 35.6 Å². The van der Waals surface area contributed by atoms with Gasteiger partial charge in [-0.2, -0.15) is 0 Å². The van der Waals surface area contributed by atoms with Crippen molar-refractivity contribution in [3.8, 4) is 0 Å². The minimum absolute atomic E-state index is 0.0553. The fraction of sp³-hybridized carbons (Fsp3) is 0.214. The molecule has 1 N–H and O–H groups in total. The second-order valence-corrected chi connectivity index (χ2v) is 7.34. The molecule has 0 saturated heterocycles. The molecular weight excluding hydrogens is 296 g/mol. The molecule has 4 nitrogen and oxygen atoms in total. The van der Waals surface area contributed by atoms with E-state index < -0.39 is 15.8 Å². The molecule has 0 radical (unpaired) electrons. The second kappa shape index (κ2) is 5.76. The maximum atomic E-state index is 12.3. The van der Waals surface area contributed by atoms with Gasteiger partial charge >= 0.3 is 5.97 Å². The van der Waals surface area contributed by atoms with Crippen LogP contribution in [0.3, 0.4) is 0 Å². The topological polar surface area (TPSA) is 71.4 Å². The Hall–Kier alpha value is -1.66. The fourth-order valence-corrected chi connectivity index (χ4v) is 4.36.